The van der Waals surface area contributed by atoms with Crippen molar-refractivity contribution in [3.05, 3.63) is 42.5 Å². The standard InChI is InChI=1S/C22H25N3O2/c1-27-18-8-4-7-16(13-18)17-10-11-19-20(14-17)24-25-22(19)23-21(26)12-9-15-5-2-3-6-15/h4,7-8,10-11,13-15H,2-3,5-6,9,12H2,1H3,(H2,23,24,25,26). The van der Waals surface area contributed by atoms with E-state index < -0.39 is 0 Å². The molecule has 0 unspecified atom stereocenters. The number of benzene rings is 2. The van der Waals surface area contributed by atoms with Crippen LogP contribution in [0.1, 0.15) is 38.5 Å². The van der Waals surface area contributed by atoms with E-state index in [0.717, 1.165) is 40.1 Å². The molecule has 0 aliphatic heterocycles. The molecule has 1 aromatic heterocycles. The van der Waals surface area contributed by atoms with Crippen molar-refractivity contribution in [1.29, 1.82) is 0 Å². The fourth-order valence-electron chi connectivity index (χ4n) is 3.93. The van der Waals surface area contributed by atoms with E-state index in [9.17, 15) is 4.79 Å². The van der Waals surface area contributed by atoms with E-state index in [0.29, 0.717) is 12.2 Å². The molecule has 1 amide bonds. The first-order valence-corrected chi connectivity index (χ1v) is 9.65. The minimum Gasteiger partial charge on any atom is -0.497 e. The number of nitrogens with one attached hydrogen (secondary N) is 2. The maximum atomic E-state index is 12.3. The summed E-state index contributed by atoms with van der Waals surface area (Å²) in [6.45, 7) is 0. The van der Waals surface area contributed by atoms with Gasteiger partial charge < -0.3 is 10.1 Å². The lowest BCUT2D eigenvalue weighted by molar-refractivity contribution is -0.116. The Hall–Kier alpha value is -2.82. The SMILES string of the molecule is COc1cccc(-c2ccc3c(NC(=O)CCC4CCCC4)n[nH]c3c2)c1. The molecule has 0 radical (unpaired) electrons. The second kappa shape index (κ2) is 7.82. The van der Waals surface area contributed by atoms with Crippen LogP contribution in [0.3, 0.4) is 0 Å². The number of amides is 1. The molecule has 0 bridgehead atoms. The van der Waals surface area contributed by atoms with Crippen molar-refractivity contribution in [2.45, 2.75) is 38.5 Å². The highest BCUT2D eigenvalue weighted by atomic mass is 16.5. The van der Waals surface area contributed by atoms with Crippen LogP contribution in [-0.4, -0.2) is 23.2 Å². The molecule has 3 aromatic rings. The molecule has 1 heterocycles. The summed E-state index contributed by atoms with van der Waals surface area (Å²) in [5, 5.41) is 11.2. The number of rotatable bonds is 6. The number of ether oxygens (including phenoxy) is 1. The number of nitrogens with zero attached hydrogens (tertiary/aromatic N) is 1. The fourth-order valence-corrected chi connectivity index (χ4v) is 3.93. The Morgan fingerprint density at radius 3 is 2.81 bits per heavy atom. The van der Waals surface area contributed by atoms with Gasteiger partial charge in [0.05, 0.1) is 12.6 Å². The largest absolute Gasteiger partial charge is 0.497 e. The molecule has 5 heteroatoms. The van der Waals surface area contributed by atoms with Crippen LogP contribution in [0, 0.1) is 5.92 Å². The first-order chi connectivity index (χ1) is 13.2. The van der Waals surface area contributed by atoms with E-state index in [1.807, 2.05) is 42.5 Å². The Balaban J connectivity index is 1.47. The number of carbonyl (C=O) groups excluding carboxylic acids is 1. The van der Waals surface area contributed by atoms with Crippen molar-refractivity contribution >= 4 is 22.6 Å². The fraction of sp³-hybridized carbons (Fsp3) is 0.364. The predicted molar refractivity (Wildman–Crippen MR) is 108 cm³/mol. The predicted octanol–water partition coefficient (Wildman–Crippen LogP) is 5.15. The summed E-state index contributed by atoms with van der Waals surface area (Å²) in [6, 6.07) is 14.0. The molecule has 2 N–H and O–H groups in total. The summed E-state index contributed by atoms with van der Waals surface area (Å²) in [6.07, 6.45) is 6.71. The second-order valence-electron chi connectivity index (χ2n) is 7.30. The first kappa shape index (κ1) is 17.6. The zero-order valence-electron chi connectivity index (χ0n) is 15.6. The highest BCUT2D eigenvalue weighted by Gasteiger charge is 2.17. The summed E-state index contributed by atoms with van der Waals surface area (Å²) in [5.74, 6) is 2.20. The number of hydrogen-bond acceptors (Lipinski definition) is 3. The van der Waals surface area contributed by atoms with Crippen LogP contribution in [0.2, 0.25) is 0 Å². The topological polar surface area (TPSA) is 67.0 Å². The maximum absolute atomic E-state index is 12.3. The van der Waals surface area contributed by atoms with Crippen molar-refractivity contribution in [3.63, 3.8) is 0 Å². The van der Waals surface area contributed by atoms with E-state index in [1.54, 1.807) is 7.11 Å². The number of hydrogen-bond donors (Lipinski definition) is 2. The third-order valence-corrected chi connectivity index (χ3v) is 5.48. The highest BCUT2D eigenvalue weighted by molar-refractivity contribution is 6.00. The van der Waals surface area contributed by atoms with E-state index in [4.69, 9.17) is 4.74 Å². The number of carbonyl (C=O) groups is 1. The summed E-state index contributed by atoms with van der Waals surface area (Å²) < 4.78 is 5.30. The third kappa shape index (κ3) is 3.97. The Bertz CT molecular complexity index is 942. The van der Waals surface area contributed by atoms with Gasteiger partial charge in [0.25, 0.3) is 0 Å². The Kier molecular flexibility index (Phi) is 5.10. The van der Waals surface area contributed by atoms with Gasteiger partial charge in [0.15, 0.2) is 5.82 Å². The molecule has 27 heavy (non-hydrogen) atoms. The number of H-pyrrole nitrogens is 1. The monoisotopic (exact) mass is 363 g/mol. The number of aromatic amines is 1. The normalized spacial score (nSPS) is 14.6. The summed E-state index contributed by atoms with van der Waals surface area (Å²) in [4.78, 5) is 12.3. The molecule has 0 spiro atoms. The molecule has 1 aliphatic rings. The lowest BCUT2D eigenvalue weighted by Crippen LogP contribution is -2.13. The van der Waals surface area contributed by atoms with Crippen LogP contribution in [0.25, 0.3) is 22.0 Å². The number of anilines is 1. The molecule has 2 aromatic carbocycles. The van der Waals surface area contributed by atoms with Gasteiger partial charge in [-0.1, -0.05) is 43.9 Å². The van der Waals surface area contributed by atoms with Crippen molar-refractivity contribution in [1.82, 2.24) is 10.2 Å². The summed E-state index contributed by atoms with van der Waals surface area (Å²) in [7, 11) is 1.67. The summed E-state index contributed by atoms with van der Waals surface area (Å²) >= 11 is 0. The molecule has 0 atom stereocenters. The lowest BCUT2D eigenvalue weighted by atomic mass is 10.0. The van der Waals surface area contributed by atoms with Gasteiger partial charge >= 0.3 is 0 Å². The van der Waals surface area contributed by atoms with Crippen LogP contribution in [0.15, 0.2) is 42.5 Å². The van der Waals surface area contributed by atoms with E-state index in [1.165, 1.54) is 25.7 Å². The Labute approximate surface area is 159 Å². The Morgan fingerprint density at radius 2 is 2.00 bits per heavy atom. The molecule has 5 nitrogen and oxygen atoms in total. The van der Waals surface area contributed by atoms with Crippen LogP contribution in [-0.2, 0) is 4.79 Å². The van der Waals surface area contributed by atoms with Gasteiger partial charge in [-0.2, -0.15) is 5.10 Å². The summed E-state index contributed by atoms with van der Waals surface area (Å²) in [5.41, 5.74) is 3.05. The zero-order valence-corrected chi connectivity index (χ0v) is 15.6. The first-order valence-electron chi connectivity index (χ1n) is 9.65. The van der Waals surface area contributed by atoms with Crippen LogP contribution in [0.5, 0.6) is 5.75 Å². The molecule has 4 rings (SSSR count). The van der Waals surface area contributed by atoms with Gasteiger partial charge in [0.1, 0.15) is 5.75 Å². The molecule has 1 aliphatic carbocycles. The van der Waals surface area contributed by atoms with Crippen molar-refractivity contribution < 1.29 is 9.53 Å². The lowest BCUT2D eigenvalue weighted by Gasteiger charge is -2.08. The molecular weight excluding hydrogens is 338 g/mol. The Morgan fingerprint density at radius 1 is 1.19 bits per heavy atom. The van der Waals surface area contributed by atoms with Gasteiger partial charge in [-0.05, 0) is 47.7 Å². The van der Waals surface area contributed by atoms with Gasteiger partial charge in [0, 0.05) is 11.8 Å². The van der Waals surface area contributed by atoms with E-state index in [-0.39, 0.29) is 5.91 Å². The third-order valence-electron chi connectivity index (χ3n) is 5.48. The van der Waals surface area contributed by atoms with Gasteiger partial charge in [-0.3, -0.25) is 9.89 Å². The quantitative estimate of drug-likeness (QED) is 0.636. The zero-order chi connectivity index (χ0) is 18.6. The minimum atomic E-state index is 0.0483. The number of methoxy groups -OCH3 is 1. The van der Waals surface area contributed by atoms with Crippen LogP contribution < -0.4 is 10.1 Å². The van der Waals surface area contributed by atoms with Gasteiger partial charge in [-0.25, -0.2) is 0 Å². The smallest absolute Gasteiger partial charge is 0.225 e. The molecular formula is C22H25N3O2. The van der Waals surface area contributed by atoms with Crippen molar-refractivity contribution in [2.75, 3.05) is 12.4 Å². The van der Waals surface area contributed by atoms with Crippen LogP contribution in [0.4, 0.5) is 5.82 Å². The van der Waals surface area contributed by atoms with Crippen molar-refractivity contribution in [2.24, 2.45) is 5.92 Å². The number of fused-ring (bicyclic) bond motifs is 1. The molecule has 1 fully saturated rings. The van der Waals surface area contributed by atoms with Crippen molar-refractivity contribution in [3.8, 4) is 16.9 Å². The second-order valence-corrected chi connectivity index (χ2v) is 7.30. The average Bonchev–Trinajstić information content (AvgIpc) is 3.36. The maximum Gasteiger partial charge on any atom is 0.225 e. The molecule has 0 saturated heterocycles. The average molecular weight is 363 g/mol. The highest BCUT2D eigenvalue weighted by Crippen LogP contribution is 2.30. The van der Waals surface area contributed by atoms with Gasteiger partial charge in [0.2, 0.25) is 5.91 Å². The molecule has 1 saturated carbocycles. The van der Waals surface area contributed by atoms with E-state index >= 15 is 0 Å². The number of aromatic nitrogens is 2. The molecule has 140 valence electrons. The van der Waals surface area contributed by atoms with Crippen LogP contribution >= 0.6 is 0 Å². The van der Waals surface area contributed by atoms with E-state index in [2.05, 4.69) is 15.5 Å². The van der Waals surface area contributed by atoms with Gasteiger partial charge in [-0.15, -0.1) is 0 Å². The minimum absolute atomic E-state index is 0.0483.